The van der Waals surface area contributed by atoms with E-state index in [1.807, 2.05) is 145 Å². The van der Waals surface area contributed by atoms with Crippen LogP contribution in [-0.4, -0.2) is 282 Å². The standard InChI is InChI=1S/C70H132N12O12/c1-25-48(12)71-36-60(84)73(49(13)26-2)39-62(86)75(51(15)28-4)41-64(88)77(53(17)30-6)43-66(90)79(55(19)32-8)45-68(92)81(57(21)34-10)47-70(94)82(58(22)35-11)46-69(93)80(56(20)33-9)44-67(91)78(54(18)31-7)42-65(89)76(52(16)29-5)40-63(87)74(50(14)27-3)38-61(85)72(24)37-59(23)83/h48-59,71,83H,25-47H2,1-24H3. The molecule has 0 aliphatic carbocycles. The maximum Gasteiger partial charge on any atom is 0.242 e. The molecule has 0 saturated heterocycles. The molecule has 0 radical (unpaired) electrons. The Labute approximate surface area is 567 Å². The second kappa shape index (κ2) is 44.8. The van der Waals surface area contributed by atoms with Gasteiger partial charge in [-0.1, -0.05) is 76.2 Å². The van der Waals surface area contributed by atoms with Crippen LogP contribution in [0.2, 0.25) is 0 Å². The SMILES string of the molecule is CCC(C)NCC(=O)N(CC(=O)N(CC(=O)N(CC(=O)N(CC(=O)N(CC(=O)N(CC(=O)N(CC(=O)N(CC(=O)N(CC(=O)N(CC(=O)N(C)CC(C)O)C(C)CC)C(C)CC)C(C)CC)C(C)CC)C(C)CC)C(C)CC)C(C)CC)C(C)CC)C(C)CC)C(C)CC. The van der Waals surface area contributed by atoms with Crippen molar-refractivity contribution in [2.24, 2.45) is 0 Å². The van der Waals surface area contributed by atoms with E-state index in [9.17, 15) is 57.8 Å². The quantitative estimate of drug-likeness (QED) is 0.0662. The first-order valence-corrected chi connectivity index (χ1v) is 35.6. The number of aliphatic hydroxyl groups excluding tert-OH is 1. The Kier molecular flexibility index (Phi) is 41.9. The smallest absolute Gasteiger partial charge is 0.242 e. The van der Waals surface area contributed by atoms with Gasteiger partial charge in [-0.15, -0.1) is 0 Å². The van der Waals surface area contributed by atoms with Crippen molar-refractivity contribution in [1.29, 1.82) is 0 Å². The number of amides is 11. The first-order valence-electron chi connectivity index (χ1n) is 35.6. The minimum absolute atomic E-state index is 0.0667. The second-order valence-electron chi connectivity index (χ2n) is 26.6. The van der Waals surface area contributed by atoms with Crippen molar-refractivity contribution in [1.82, 2.24) is 59.2 Å². The predicted octanol–water partition coefficient (Wildman–Crippen LogP) is 6.48. The topological polar surface area (TPSA) is 256 Å². The number of rotatable bonds is 46. The molecule has 12 atom stereocenters. The van der Waals surface area contributed by atoms with E-state index in [4.69, 9.17) is 0 Å². The third-order valence-corrected chi connectivity index (χ3v) is 19.7. The second-order valence-corrected chi connectivity index (χ2v) is 26.6. The molecule has 0 aromatic heterocycles. The average Bonchev–Trinajstić information content (AvgIpc) is 0.874. The first-order chi connectivity index (χ1) is 44.0. The van der Waals surface area contributed by atoms with Gasteiger partial charge in [-0.2, -0.15) is 0 Å². The zero-order valence-corrected chi connectivity index (χ0v) is 63.0. The fourth-order valence-corrected chi connectivity index (χ4v) is 10.5. The van der Waals surface area contributed by atoms with Crippen molar-refractivity contribution in [3.05, 3.63) is 0 Å². The van der Waals surface area contributed by atoms with Crippen molar-refractivity contribution in [2.75, 3.05) is 85.6 Å². The molecule has 0 saturated carbocycles. The highest BCUT2D eigenvalue weighted by Gasteiger charge is 2.38. The van der Waals surface area contributed by atoms with E-state index in [0.717, 1.165) is 6.42 Å². The van der Waals surface area contributed by atoms with Crippen LogP contribution in [0.3, 0.4) is 0 Å². The third kappa shape index (κ3) is 28.0. The molecule has 94 heavy (non-hydrogen) atoms. The van der Waals surface area contributed by atoms with E-state index >= 15 is 0 Å². The summed E-state index contributed by atoms with van der Waals surface area (Å²) in [6, 6.07) is -4.11. The van der Waals surface area contributed by atoms with Crippen LogP contribution in [0.25, 0.3) is 0 Å². The molecule has 0 aliphatic rings. The lowest BCUT2D eigenvalue weighted by molar-refractivity contribution is -0.153. The van der Waals surface area contributed by atoms with Crippen molar-refractivity contribution >= 4 is 65.0 Å². The van der Waals surface area contributed by atoms with Crippen LogP contribution in [0, 0.1) is 0 Å². The summed E-state index contributed by atoms with van der Waals surface area (Å²) in [5.74, 6) is -4.88. The molecule has 0 rings (SSSR count). The summed E-state index contributed by atoms with van der Waals surface area (Å²) in [5.41, 5.74) is 0. The van der Waals surface area contributed by atoms with Crippen LogP contribution >= 0.6 is 0 Å². The highest BCUT2D eigenvalue weighted by Crippen LogP contribution is 2.19. The lowest BCUT2D eigenvalue weighted by atomic mass is 10.1. The van der Waals surface area contributed by atoms with Gasteiger partial charge < -0.3 is 64.3 Å². The van der Waals surface area contributed by atoms with Crippen LogP contribution in [0.5, 0.6) is 0 Å². The normalized spacial score (nSPS) is 15.2. The highest BCUT2D eigenvalue weighted by molar-refractivity contribution is 5.95. The molecule has 12 unspecified atom stereocenters. The Hall–Kier alpha value is -5.91. The Morgan fingerprint density at radius 3 is 0.543 bits per heavy atom. The van der Waals surface area contributed by atoms with Crippen molar-refractivity contribution in [3.8, 4) is 0 Å². The summed E-state index contributed by atoms with van der Waals surface area (Å²) in [6.45, 7) is 39.3. The molecule has 0 spiro atoms. The maximum absolute atomic E-state index is 14.9. The Balaban J connectivity index is 7.08. The van der Waals surface area contributed by atoms with Gasteiger partial charge in [0.05, 0.1) is 12.6 Å². The van der Waals surface area contributed by atoms with Crippen LogP contribution in [0.1, 0.15) is 230 Å². The van der Waals surface area contributed by atoms with E-state index in [1.165, 1.54) is 49.0 Å². The van der Waals surface area contributed by atoms with Crippen LogP contribution in [0.4, 0.5) is 0 Å². The minimum atomic E-state index is -0.770. The van der Waals surface area contributed by atoms with Gasteiger partial charge in [0.15, 0.2) is 0 Å². The number of carbonyl (C=O) groups is 11. The first kappa shape index (κ1) is 88.1. The number of carbonyl (C=O) groups excluding carboxylic acids is 11. The largest absolute Gasteiger partial charge is 0.392 e. The summed E-state index contributed by atoms with van der Waals surface area (Å²) >= 11 is 0. The maximum atomic E-state index is 14.9. The van der Waals surface area contributed by atoms with Gasteiger partial charge in [0, 0.05) is 80.1 Å². The Bertz CT molecular complexity index is 2380. The third-order valence-electron chi connectivity index (χ3n) is 19.7. The number of nitrogens with one attached hydrogen (secondary N) is 1. The van der Waals surface area contributed by atoms with E-state index < -0.39 is 128 Å². The molecular weight excluding hydrogens is 1200 g/mol. The van der Waals surface area contributed by atoms with E-state index in [1.54, 1.807) is 25.8 Å². The summed E-state index contributed by atoms with van der Waals surface area (Å²) in [4.78, 5) is 174. The van der Waals surface area contributed by atoms with Crippen LogP contribution in [0.15, 0.2) is 0 Å². The average molecular weight is 1330 g/mol. The summed E-state index contributed by atoms with van der Waals surface area (Å²) in [6.07, 6.45) is 4.99. The van der Waals surface area contributed by atoms with Gasteiger partial charge in [0.2, 0.25) is 65.0 Å². The van der Waals surface area contributed by atoms with Gasteiger partial charge in [0.25, 0.3) is 0 Å². The number of hydrogen-bond acceptors (Lipinski definition) is 13. The molecule has 0 bridgehead atoms. The monoisotopic (exact) mass is 1330 g/mol. The van der Waals surface area contributed by atoms with E-state index in [0.29, 0.717) is 64.2 Å². The molecule has 2 N–H and O–H groups in total. The molecule has 0 fully saturated rings. The molecule has 11 amide bonds. The summed E-state index contributed by atoms with van der Waals surface area (Å²) < 4.78 is 0. The zero-order chi connectivity index (χ0) is 72.6. The van der Waals surface area contributed by atoms with Gasteiger partial charge in [0.1, 0.15) is 65.4 Å². The molecule has 24 nitrogen and oxygen atoms in total. The van der Waals surface area contributed by atoms with Gasteiger partial charge >= 0.3 is 0 Å². The van der Waals surface area contributed by atoms with Crippen molar-refractivity contribution in [2.45, 2.75) is 302 Å². The summed E-state index contributed by atoms with van der Waals surface area (Å²) in [5, 5.41) is 13.1. The molecule has 0 aromatic carbocycles. The van der Waals surface area contributed by atoms with Crippen LogP contribution < -0.4 is 5.32 Å². The lowest BCUT2D eigenvalue weighted by Crippen LogP contribution is -2.57. The fraction of sp³-hybridized carbons (Fsp3) is 0.843. The molecule has 0 aromatic rings. The molecular formula is C70H132N12O12. The van der Waals surface area contributed by atoms with Crippen molar-refractivity contribution < 1.29 is 57.8 Å². The van der Waals surface area contributed by atoms with Gasteiger partial charge in [-0.25, -0.2) is 0 Å². The molecule has 0 heterocycles. The van der Waals surface area contributed by atoms with E-state index in [2.05, 4.69) is 5.32 Å². The molecule has 544 valence electrons. The molecule has 0 aliphatic heterocycles. The molecule has 24 heteroatoms. The number of likely N-dealkylation sites (N-methyl/N-ethyl adjacent to an activating group) is 1. The summed E-state index contributed by atoms with van der Waals surface area (Å²) in [7, 11) is 1.56. The minimum Gasteiger partial charge on any atom is -0.392 e. The van der Waals surface area contributed by atoms with Gasteiger partial charge in [-0.3, -0.25) is 52.7 Å². The van der Waals surface area contributed by atoms with Crippen LogP contribution in [-0.2, 0) is 52.7 Å². The van der Waals surface area contributed by atoms with Crippen molar-refractivity contribution in [3.63, 3.8) is 0 Å². The lowest BCUT2D eigenvalue weighted by Gasteiger charge is -2.39. The predicted molar refractivity (Wildman–Crippen MR) is 372 cm³/mol. The fourth-order valence-electron chi connectivity index (χ4n) is 10.5. The number of aliphatic hydroxyl groups is 1. The Morgan fingerprint density at radius 2 is 0.404 bits per heavy atom. The van der Waals surface area contributed by atoms with E-state index in [-0.39, 0.29) is 87.7 Å². The number of nitrogens with zero attached hydrogens (tertiary/aromatic N) is 11. The highest BCUT2D eigenvalue weighted by atomic mass is 16.3. The Morgan fingerprint density at radius 1 is 0.255 bits per heavy atom. The van der Waals surface area contributed by atoms with Gasteiger partial charge in [-0.05, 0) is 154 Å². The number of hydrogen-bond donors (Lipinski definition) is 2. The zero-order valence-electron chi connectivity index (χ0n) is 63.0.